The molecular weight excluding hydrogens is 316 g/mol. The lowest BCUT2D eigenvalue weighted by Gasteiger charge is -2.38. The standard InChI is InChI=1S/C19H36N4O2/c1-4-21(5-2)19(25)23-14-9-17(10-15-23)18(24)22-12-7-16(8-13-22)6-11-20-3/h16-17,20H,4-15H2,1-3H3. The molecule has 144 valence electrons. The van der Waals surface area contributed by atoms with Crippen molar-refractivity contribution in [3.8, 4) is 0 Å². The molecule has 6 nitrogen and oxygen atoms in total. The second kappa shape index (κ2) is 10.00. The number of piperidine rings is 2. The van der Waals surface area contributed by atoms with Crippen LogP contribution >= 0.6 is 0 Å². The maximum absolute atomic E-state index is 12.8. The van der Waals surface area contributed by atoms with E-state index in [1.165, 1.54) is 6.42 Å². The molecule has 0 spiro atoms. The lowest BCUT2D eigenvalue weighted by Crippen LogP contribution is -2.49. The van der Waals surface area contributed by atoms with E-state index in [0.717, 1.165) is 64.3 Å². The van der Waals surface area contributed by atoms with Crippen molar-refractivity contribution >= 4 is 11.9 Å². The number of hydrogen-bond donors (Lipinski definition) is 1. The first-order chi connectivity index (χ1) is 12.1. The van der Waals surface area contributed by atoms with Crippen molar-refractivity contribution in [1.82, 2.24) is 20.0 Å². The normalized spacial score (nSPS) is 20.0. The molecule has 0 aliphatic carbocycles. The van der Waals surface area contributed by atoms with Crippen LogP contribution in [0.1, 0.15) is 46.0 Å². The molecule has 2 saturated heterocycles. The van der Waals surface area contributed by atoms with Crippen molar-refractivity contribution in [2.24, 2.45) is 11.8 Å². The smallest absolute Gasteiger partial charge is 0.319 e. The number of urea groups is 1. The molecule has 2 rings (SSSR count). The van der Waals surface area contributed by atoms with Crippen LogP contribution in [-0.4, -0.2) is 79.5 Å². The quantitative estimate of drug-likeness (QED) is 0.795. The Balaban J connectivity index is 1.75. The van der Waals surface area contributed by atoms with Gasteiger partial charge in [0.2, 0.25) is 5.91 Å². The number of likely N-dealkylation sites (tertiary alicyclic amines) is 2. The van der Waals surface area contributed by atoms with Gasteiger partial charge in [-0.3, -0.25) is 4.79 Å². The number of carbonyl (C=O) groups is 2. The molecule has 2 aliphatic heterocycles. The zero-order valence-electron chi connectivity index (χ0n) is 16.3. The number of nitrogens with zero attached hydrogens (tertiary/aromatic N) is 3. The van der Waals surface area contributed by atoms with Gasteiger partial charge < -0.3 is 20.0 Å². The lowest BCUT2D eigenvalue weighted by molar-refractivity contribution is -0.138. The number of carbonyl (C=O) groups excluding carboxylic acids is 2. The molecular formula is C19H36N4O2. The summed E-state index contributed by atoms with van der Waals surface area (Å²) < 4.78 is 0. The van der Waals surface area contributed by atoms with Gasteiger partial charge in [0.05, 0.1) is 0 Å². The Bertz CT molecular complexity index is 423. The first kappa shape index (κ1) is 20.0. The van der Waals surface area contributed by atoms with E-state index in [1.54, 1.807) is 0 Å². The minimum absolute atomic E-state index is 0.106. The van der Waals surface area contributed by atoms with Gasteiger partial charge in [-0.2, -0.15) is 0 Å². The largest absolute Gasteiger partial charge is 0.342 e. The van der Waals surface area contributed by atoms with Crippen LogP contribution in [0, 0.1) is 11.8 Å². The number of hydrogen-bond acceptors (Lipinski definition) is 3. The molecule has 0 bridgehead atoms. The Morgan fingerprint density at radius 2 is 1.52 bits per heavy atom. The second-order valence-corrected chi connectivity index (χ2v) is 7.38. The van der Waals surface area contributed by atoms with Crippen LogP contribution in [0.4, 0.5) is 4.79 Å². The summed E-state index contributed by atoms with van der Waals surface area (Å²) >= 11 is 0. The SMILES string of the molecule is CCN(CC)C(=O)N1CCC(C(=O)N2CCC(CCNC)CC2)CC1. The minimum Gasteiger partial charge on any atom is -0.342 e. The summed E-state index contributed by atoms with van der Waals surface area (Å²) in [4.78, 5) is 31.1. The molecule has 3 amide bonds. The highest BCUT2D eigenvalue weighted by Gasteiger charge is 2.32. The van der Waals surface area contributed by atoms with Gasteiger partial charge in [-0.25, -0.2) is 4.79 Å². The van der Waals surface area contributed by atoms with Gasteiger partial charge in [-0.1, -0.05) is 0 Å². The molecule has 0 atom stereocenters. The van der Waals surface area contributed by atoms with Crippen molar-refractivity contribution in [2.45, 2.75) is 46.0 Å². The number of rotatable bonds is 6. The van der Waals surface area contributed by atoms with E-state index >= 15 is 0 Å². The summed E-state index contributed by atoms with van der Waals surface area (Å²) in [6.45, 7) is 9.83. The van der Waals surface area contributed by atoms with Crippen LogP contribution in [0.2, 0.25) is 0 Å². The molecule has 0 aromatic heterocycles. The Morgan fingerprint density at radius 1 is 0.960 bits per heavy atom. The highest BCUT2D eigenvalue weighted by atomic mass is 16.2. The molecule has 25 heavy (non-hydrogen) atoms. The van der Waals surface area contributed by atoms with Crippen LogP contribution < -0.4 is 5.32 Å². The van der Waals surface area contributed by atoms with Crippen LogP contribution in [0.15, 0.2) is 0 Å². The Hall–Kier alpha value is -1.30. The van der Waals surface area contributed by atoms with Gasteiger partial charge in [-0.05, 0) is 65.5 Å². The average Bonchev–Trinajstić information content (AvgIpc) is 2.67. The highest BCUT2D eigenvalue weighted by molar-refractivity contribution is 5.80. The topological polar surface area (TPSA) is 55.9 Å². The fourth-order valence-electron chi connectivity index (χ4n) is 4.06. The van der Waals surface area contributed by atoms with Crippen LogP contribution in [0.5, 0.6) is 0 Å². The maximum Gasteiger partial charge on any atom is 0.319 e. The van der Waals surface area contributed by atoms with Crippen molar-refractivity contribution < 1.29 is 9.59 Å². The molecule has 6 heteroatoms. The molecule has 0 saturated carbocycles. The molecule has 2 aliphatic rings. The third-order valence-corrected chi connectivity index (χ3v) is 5.88. The summed E-state index contributed by atoms with van der Waals surface area (Å²) in [6.07, 6.45) is 5.10. The maximum atomic E-state index is 12.8. The van der Waals surface area contributed by atoms with Gasteiger partial charge in [0.25, 0.3) is 0 Å². The third kappa shape index (κ3) is 5.33. The van der Waals surface area contributed by atoms with Gasteiger partial charge in [0.15, 0.2) is 0 Å². The van der Waals surface area contributed by atoms with E-state index in [-0.39, 0.29) is 11.9 Å². The van der Waals surface area contributed by atoms with Gasteiger partial charge in [-0.15, -0.1) is 0 Å². The predicted molar refractivity (Wildman–Crippen MR) is 100 cm³/mol. The zero-order chi connectivity index (χ0) is 18.2. The number of amides is 3. The van der Waals surface area contributed by atoms with Crippen LogP contribution in [0.25, 0.3) is 0 Å². The molecule has 0 radical (unpaired) electrons. The van der Waals surface area contributed by atoms with Crippen LogP contribution in [0.3, 0.4) is 0 Å². The first-order valence-corrected chi connectivity index (χ1v) is 10.1. The van der Waals surface area contributed by atoms with Crippen molar-refractivity contribution in [1.29, 1.82) is 0 Å². The van der Waals surface area contributed by atoms with Crippen molar-refractivity contribution in [3.05, 3.63) is 0 Å². The first-order valence-electron chi connectivity index (χ1n) is 10.1. The highest BCUT2D eigenvalue weighted by Crippen LogP contribution is 2.25. The lowest BCUT2D eigenvalue weighted by atomic mass is 9.90. The zero-order valence-corrected chi connectivity index (χ0v) is 16.3. The second-order valence-electron chi connectivity index (χ2n) is 7.38. The molecule has 0 aromatic rings. The summed E-state index contributed by atoms with van der Waals surface area (Å²) in [6, 6.07) is 0.126. The summed E-state index contributed by atoms with van der Waals surface area (Å²) in [7, 11) is 2.00. The predicted octanol–water partition coefficient (Wildman–Crippen LogP) is 2.01. The molecule has 2 fully saturated rings. The Kier molecular flexibility index (Phi) is 8.00. The van der Waals surface area contributed by atoms with E-state index in [4.69, 9.17) is 0 Å². The molecule has 2 heterocycles. The van der Waals surface area contributed by atoms with Crippen LogP contribution in [-0.2, 0) is 4.79 Å². The Labute approximate surface area is 152 Å². The van der Waals surface area contributed by atoms with Gasteiger partial charge in [0, 0.05) is 45.2 Å². The monoisotopic (exact) mass is 352 g/mol. The fourth-order valence-corrected chi connectivity index (χ4v) is 4.06. The fraction of sp³-hybridized carbons (Fsp3) is 0.895. The number of nitrogens with one attached hydrogen (secondary N) is 1. The van der Waals surface area contributed by atoms with E-state index in [0.29, 0.717) is 19.0 Å². The molecule has 1 N–H and O–H groups in total. The van der Waals surface area contributed by atoms with E-state index < -0.39 is 0 Å². The molecule has 0 unspecified atom stereocenters. The summed E-state index contributed by atoms with van der Waals surface area (Å²) in [5.74, 6) is 1.18. The Morgan fingerprint density at radius 3 is 2.04 bits per heavy atom. The van der Waals surface area contributed by atoms with E-state index in [1.807, 2.05) is 30.7 Å². The minimum atomic E-state index is 0.106. The molecule has 0 aromatic carbocycles. The summed E-state index contributed by atoms with van der Waals surface area (Å²) in [5, 5.41) is 3.21. The van der Waals surface area contributed by atoms with Gasteiger partial charge >= 0.3 is 6.03 Å². The van der Waals surface area contributed by atoms with Crippen molar-refractivity contribution in [2.75, 3.05) is 52.9 Å². The van der Waals surface area contributed by atoms with Gasteiger partial charge in [0.1, 0.15) is 0 Å². The third-order valence-electron chi connectivity index (χ3n) is 5.88. The van der Waals surface area contributed by atoms with Crippen molar-refractivity contribution in [3.63, 3.8) is 0 Å². The average molecular weight is 353 g/mol. The summed E-state index contributed by atoms with van der Waals surface area (Å²) in [5.41, 5.74) is 0. The van der Waals surface area contributed by atoms with E-state index in [2.05, 4.69) is 10.2 Å². The van der Waals surface area contributed by atoms with E-state index in [9.17, 15) is 9.59 Å².